The molecule has 4 fully saturated rings. The number of halogens is 3. The number of aliphatic hydroxyl groups is 1. The first kappa shape index (κ1) is 30.5. The average Bonchev–Trinajstić information content (AvgIpc) is 3.68. The van der Waals surface area contributed by atoms with E-state index in [1.54, 1.807) is 0 Å². The van der Waals surface area contributed by atoms with Crippen molar-refractivity contribution in [2.45, 2.75) is 63.0 Å². The summed E-state index contributed by atoms with van der Waals surface area (Å²) in [6.07, 6.45) is 0.769. The Hall–Kier alpha value is -2.47. The molecule has 1 saturated carbocycles. The molecule has 6 rings (SSSR count). The molecule has 1 N–H and O–H groups in total. The number of benzene rings is 1. The van der Waals surface area contributed by atoms with Crippen molar-refractivity contribution in [3.8, 4) is 0 Å². The van der Waals surface area contributed by atoms with Gasteiger partial charge in [0.15, 0.2) is 11.7 Å². The van der Waals surface area contributed by atoms with Crippen molar-refractivity contribution in [3.05, 3.63) is 58.3 Å². The minimum Gasteiger partial charge on any atom is -0.542 e. The zero-order valence-electron chi connectivity index (χ0n) is 22.3. The van der Waals surface area contributed by atoms with Gasteiger partial charge < -0.3 is 29.0 Å². The Morgan fingerprint density at radius 1 is 1.02 bits per heavy atom. The number of rotatable bonds is 9. The van der Waals surface area contributed by atoms with Gasteiger partial charge in [-0.2, -0.15) is 13.2 Å². The van der Waals surface area contributed by atoms with Crippen LogP contribution in [0.2, 0.25) is 0 Å². The number of esters is 1. The van der Waals surface area contributed by atoms with Gasteiger partial charge in [-0.05, 0) is 29.9 Å². The Morgan fingerprint density at radius 3 is 2.25 bits per heavy atom. The van der Waals surface area contributed by atoms with E-state index in [1.165, 1.54) is 16.9 Å². The molecule has 0 radical (unpaired) electrons. The summed E-state index contributed by atoms with van der Waals surface area (Å²) in [7, 11) is 0. The second-order valence-electron chi connectivity index (χ2n) is 11.0. The van der Waals surface area contributed by atoms with Gasteiger partial charge in [0.25, 0.3) is 0 Å². The maximum absolute atomic E-state index is 13.5. The topological polar surface area (TPSA) is 95.9 Å². The molecule has 0 spiro atoms. The summed E-state index contributed by atoms with van der Waals surface area (Å²) in [6.45, 7) is 5.40. The number of ether oxygens (including phenoxy) is 2. The lowest BCUT2D eigenvalue weighted by Crippen LogP contribution is -2.65. The van der Waals surface area contributed by atoms with E-state index in [4.69, 9.17) is 19.4 Å². The van der Waals surface area contributed by atoms with Crippen molar-refractivity contribution in [2.24, 2.45) is 11.8 Å². The number of hydrogen-bond donors (Lipinski definition) is 1. The normalized spacial score (nSPS) is 26.0. The van der Waals surface area contributed by atoms with E-state index in [1.807, 2.05) is 35.7 Å². The molecule has 3 aliphatic heterocycles. The Kier molecular flexibility index (Phi) is 9.92. The molecule has 3 saturated heterocycles. The molecule has 2 bridgehead atoms. The van der Waals surface area contributed by atoms with Gasteiger partial charge in [0, 0.05) is 29.6 Å². The maximum atomic E-state index is 13.5. The molecule has 1 aromatic carbocycles. The first-order valence-corrected chi connectivity index (χ1v) is 14.6. The van der Waals surface area contributed by atoms with Crippen molar-refractivity contribution < 1.29 is 46.9 Å². The highest BCUT2D eigenvalue weighted by atomic mass is 32.1. The van der Waals surface area contributed by atoms with E-state index >= 15 is 0 Å². The fourth-order valence-electron chi connectivity index (χ4n) is 6.23. The third kappa shape index (κ3) is 7.23. The maximum Gasteiger partial charge on any atom is 0.430 e. The molecule has 7 nitrogen and oxygen atoms in total. The molecular weight excluding hydrogens is 547 g/mol. The highest BCUT2D eigenvalue weighted by Gasteiger charge is 2.53. The predicted octanol–water partition coefficient (Wildman–Crippen LogP) is 3.79. The van der Waals surface area contributed by atoms with Gasteiger partial charge in [0.2, 0.25) is 0 Å². The lowest BCUT2D eigenvalue weighted by Gasteiger charge is -2.52. The lowest BCUT2D eigenvalue weighted by atomic mass is 9.82. The molecule has 1 aromatic heterocycles. The van der Waals surface area contributed by atoms with Crippen molar-refractivity contribution in [2.75, 3.05) is 32.8 Å². The van der Waals surface area contributed by atoms with E-state index < -0.39 is 23.7 Å². The first-order valence-electron chi connectivity index (χ1n) is 13.8. The third-order valence-electron chi connectivity index (χ3n) is 8.51. The van der Waals surface area contributed by atoms with Gasteiger partial charge in [-0.15, -0.1) is 11.3 Å². The summed E-state index contributed by atoms with van der Waals surface area (Å²) in [5.41, 5.74) is -0.304. The van der Waals surface area contributed by atoms with Crippen LogP contribution in [0.5, 0.6) is 0 Å². The highest BCUT2D eigenvalue weighted by molar-refractivity contribution is 7.10. The molecule has 11 heteroatoms. The fourth-order valence-corrected chi connectivity index (χ4v) is 7.12. The number of piperidine rings is 3. The molecule has 220 valence electrons. The number of aliphatic carboxylic acids is 1. The van der Waals surface area contributed by atoms with E-state index in [2.05, 4.69) is 12.1 Å². The minimum atomic E-state index is -5.19. The van der Waals surface area contributed by atoms with Crippen molar-refractivity contribution in [3.63, 3.8) is 0 Å². The molecule has 4 aliphatic rings. The van der Waals surface area contributed by atoms with E-state index in [0.29, 0.717) is 19.1 Å². The molecule has 4 heterocycles. The summed E-state index contributed by atoms with van der Waals surface area (Å²) in [6, 6.07) is 14.1. The first-order chi connectivity index (χ1) is 19.0. The summed E-state index contributed by atoms with van der Waals surface area (Å²) in [5.74, 6) is -3.06. The number of nitrogens with zero attached hydrogens (tertiary/aromatic N) is 1. The molecule has 2 atom stereocenters. The van der Waals surface area contributed by atoms with Crippen LogP contribution in [0.4, 0.5) is 13.2 Å². The predicted molar refractivity (Wildman–Crippen MR) is 140 cm³/mol. The van der Waals surface area contributed by atoms with Gasteiger partial charge in [-0.1, -0.05) is 49.2 Å². The molecule has 40 heavy (non-hydrogen) atoms. The fraction of sp³-hybridized carbons (Fsp3) is 0.586. The number of hydrogen-bond acceptors (Lipinski definition) is 7. The monoisotopic (exact) mass is 583 g/mol. The van der Waals surface area contributed by atoms with E-state index in [-0.39, 0.29) is 12.0 Å². The largest absolute Gasteiger partial charge is 0.542 e. The number of carboxylic acids is 1. The number of thiophene rings is 1. The second-order valence-corrected chi connectivity index (χ2v) is 12.0. The van der Waals surface area contributed by atoms with Gasteiger partial charge in [-0.3, -0.25) is 0 Å². The van der Waals surface area contributed by atoms with Crippen LogP contribution < -0.4 is 5.11 Å². The zero-order chi connectivity index (χ0) is 28.8. The molecular formula is C29H36F3NO6S. The van der Waals surface area contributed by atoms with Crippen molar-refractivity contribution in [1.29, 1.82) is 0 Å². The van der Waals surface area contributed by atoms with Gasteiger partial charge in [0.1, 0.15) is 19.1 Å². The summed E-state index contributed by atoms with van der Waals surface area (Å²) in [5, 5.41) is 22.4. The SMILES string of the molecule is O=C(O[C@H]1C[N+]2(CCOCc3ccccc3)CCC1CC2)[C@](O)(c1cccs1)C1CCCC1.O=C([O-])C(F)(F)F. The molecule has 1 aliphatic carbocycles. The number of alkyl halides is 3. The number of fused-ring (bicyclic) bond motifs is 3. The van der Waals surface area contributed by atoms with Crippen LogP contribution in [0, 0.1) is 11.8 Å². The van der Waals surface area contributed by atoms with Crippen LogP contribution in [-0.4, -0.2) is 66.6 Å². The number of quaternary nitrogens is 1. The van der Waals surface area contributed by atoms with Crippen molar-refractivity contribution >= 4 is 23.3 Å². The minimum absolute atomic E-state index is 0.0423. The summed E-state index contributed by atoms with van der Waals surface area (Å²) < 4.78 is 44.7. The third-order valence-corrected chi connectivity index (χ3v) is 9.50. The highest BCUT2D eigenvalue weighted by Crippen LogP contribution is 2.44. The van der Waals surface area contributed by atoms with E-state index in [0.717, 1.165) is 74.1 Å². The number of carboxylic acid groups (broad SMARTS) is 1. The Labute approximate surface area is 236 Å². The van der Waals surface area contributed by atoms with Gasteiger partial charge >= 0.3 is 12.1 Å². The lowest BCUT2D eigenvalue weighted by molar-refractivity contribution is -0.946. The van der Waals surface area contributed by atoms with Crippen LogP contribution in [0.15, 0.2) is 47.8 Å². The molecule has 0 unspecified atom stereocenters. The average molecular weight is 584 g/mol. The van der Waals surface area contributed by atoms with Crippen molar-refractivity contribution in [1.82, 2.24) is 0 Å². The zero-order valence-corrected chi connectivity index (χ0v) is 23.1. The Morgan fingerprint density at radius 2 is 1.68 bits per heavy atom. The van der Waals surface area contributed by atoms with Crippen LogP contribution in [-0.2, 0) is 31.3 Å². The van der Waals surface area contributed by atoms with Gasteiger partial charge in [0.05, 0.1) is 26.3 Å². The van der Waals surface area contributed by atoms with Gasteiger partial charge in [-0.25, -0.2) is 4.79 Å². The standard InChI is InChI=1S/C27H36NO4S.C2HF3O2/c29-26(27(30,23-9-4-5-10-23)25-11-6-18-33-25)32-24-19-28(14-12-22(24)13-15-28)16-17-31-20-21-7-2-1-3-8-21;3-2(4,5)1(6)7/h1-3,6-8,11,18,22-24,30H,4-5,9-10,12-17,19-20H2;(H,6,7)/q+1;/p-1/t22?,24-,27+,28?;/m0./s1. The summed E-state index contributed by atoms with van der Waals surface area (Å²) in [4.78, 5) is 23.0. The molecule has 2 aromatic rings. The second kappa shape index (κ2) is 13.0. The van der Waals surface area contributed by atoms with Crippen LogP contribution in [0.1, 0.15) is 49.0 Å². The smallest absolute Gasteiger partial charge is 0.430 e. The summed E-state index contributed by atoms with van der Waals surface area (Å²) >= 11 is 1.46. The van der Waals surface area contributed by atoms with Crippen LogP contribution in [0.3, 0.4) is 0 Å². The molecule has 0 amide bonds. The Bertz CT molecular complexity index is 1100. The quantitative estimate of drug-likeness (QED) is 0.274. The number of carbonyl (C=O) groups is 2. The number of carbonyl (C=O) groups excluding carboxylic acids is 2. The van der Waals surface area contributed by atoms with E-state index in [9.17, 15) is 23.1 Å². The van der Waals surface area contributed by atoms with Crippen LogP contribution in [0.25, 0.3) is 0 Å². The Balaban J connectivity index is 0.000000470. The van der Waals surface area contributed by atoms with Crippen LogP contribution >= 0.6 is 11.3 Å².